The number of nitrogens with zero attached hydrogens (tertiary/aromatic N) is 1. The molecule has 6 heteroatoms. The molecule has 0 saturated heterocycles. The molecule has 0 spiro atoms. The fraction of sp³-hybridized carbons (Fsp3) is 0.700. The predicted molar refractivity (Wildman–Crippen MR) is 53.0 cm³/mol. The van der Waals surface area contributed by atoms with Crippen LogP contribution in [0.4, 0.5) is 0 Å². The summed E-state index contributed by atoms with van der Waals surface area (Å²) >= 11 is 0. The lowest BCUT2D eigenvalue weighted by atomic mass is 10.2. The van der Waals surface area contributed by atoms with E-state index in [2.05, 4.69) is 14.2 Å². The Bertz CT molecular complexity index is 271. The van der Waals surface area contributed by atoms with Gasteiger partial charge in [0.05, 0.1) is 13.2 Å². The average molecular weight is 229 g/mol. The summed E-state index contributed by atoms with van der Waals surface area (Å²) in [5.41, 5.74) is 0. The molecule has 6 nitrogen and oxygen atoms in total. The van der Waals surface area contributed by atoms with Crippen molar-refractivity contribution in [3.63, 3.8) is 0 Å². The summed E-state index contributed by atoms with van der Waals surface area (Å²) in [6.07, 6.45) is 0.464. The SMILES string of the molecule is CCOC(=O)CCC(OC#N)C(=O)OCC. The summed E-state index contributed by atoms with van der Waals surface area (Å²) in [5, 5.41) is 8.33. The number of ether oxygens (including phenoxy) is 3. The van der Waals surface area contributed by atoms with E-state index in [-0.39, 0.29) is 26.1 Å². The van der Waals surface area contributed by atoms with Gasteiger partial charge in [0.1, 0.15) is 0 Å². The van der Waals surface area contributed by atoms with E-state index >= 15 is 0 Å². The lowest BCUT2D eigenvalue weighted by Gasteiger charge is -2.11. The van der Waals surface area contributed by atoms with Gasteiger partial charge in [-0.05, 0) is 13.8 Å². The minimum absolute atomic E-state index is 0.0129. The van der Waals surface area contributed by atoms with Gasteiger partial charge in [0.15, 0.2) is 0 Å². The van der Waals surface area contributed by atoms with Gasteiger partial charge in [0.25, 0.3) is 6.26 Å². The van der Waals surface area contributed by atoms with Gasteiger partial charge < -0.3 is 14.2 Å². The maximum atomic E-state index is 11.3. The second-order valence-electron chi connectivity index (χ2n) is 2.79. The molecule has 1 atom stereocenters. The van der Waals surface area contributed by atoms with Crippen LogP contribution in [0.15, 0.2) is 0 Å². The third kappa shape index (κ3) is 5.86. The minimum Gasteiger partial charge on any atom is -0.466 e. The Morgan fingerprint density at radius 2 is 1.88 bits per heavy atom. The van der Waals surface area contributed by atoms with Gasteiger partial charge in [0, 0.05) is 12.8 Å². The highest BCUT2D eigenvalue weighted by molar-refractivity contribution is 5.76. The molecular formula is C10H15NO5. The van der Waals surface area contributed by atoms with Crippen LogP contribution in [-0.4, -0.2) is 31.3 Å². The molecular weight excluding hydrogens is 214 g/mol. The van der Waals surface area contributed by atoms with Gasteiger partial charge in [-0.15, -0.1) is 0 Å². The molecule has 0 radical (unpaired) electrons. The highest BCUT2D eigenvalue weighted by Gasteiger charge is 2.22. The highest BCUT2D eigenvalue weighted by Crippen LogP contribution is 2.05. The molecule has 0 aromatic heterocycles. The van der Waals surface area contributed by atoms with Crippen LogP contribution in [0.5, 0.6) is 0 Å². The molecule has 0 aliphatic heterocycles. The predicted octanol–water partition coefficient (Wildman–Crippen LogP) is 0.759. The van der Waals surface area contributed by atoms with E-state index in [1.165, 1.54) is 6.26 Å². The minimum atomic E-state index is -1.03. The van der Waals surface area contributed by atoms with Crippen LogP contribution in [0.1, 0.15) is 26.7 Å². The van der Waals surface area contributed by atoms with Gasteiger partial charge >= 0.3 is 11.9 Å². The first-order chi connectivity index (χ1) is 7.65. The van der Waals surface area contributed by atoms with Crippen molar-refractivity contribution in [1.29, 1.82) is 5.26 Å². The van der Waals surface area contributed by atoms with Crippen LogP contribution in [-0.2, 0) is 23.8 Å². The van der Waals surface area contributed by atoms with E-state index in [4.69, 9.17) is 5.26 Å². The van der Waals surface area contributed by atoms with Crippen molar-refractivity contribution in [1.82, 2.24) is 0 Å². The van der Waals surface area contributed by atoms with Crippen molar-refractivity contribution in [2.75, 3.05) is 13.2 Å². The van der Waals surface area contributed by atoms with E-state index in [9.17, 15) is 9.59 Å². The second kappa shape index (κ2) is 8.53. The molecule has 0 heterocycles. The third-order valence-corrected chi connectivity index (χ3v) is 1.66. The van der Waals surface area contributed by atoms with Crippen molar-refractivity contribution >= 4 is 11.9 Å². The first-order valence-corrected chi connectivity index (χ1v) is 5.02. The van der Waals surface area contributed by atoms with Crippen LogP contribution in [0, 0.1) is 11.5 Å². The van der Waals surface area contributed by atoms with Crippen LogP contribution >= 0.6 is 0 Å². The summed E-state index contributed by atoms with van der Waals surface area (Å²) in [6, 6.07) is 0. The van der Waals surface area contributed by atoms with E-state index in [1.54, 1.807) is 13.8 Å². The van der Waals surface area contributed by atoms with Gasteiger partial charge in [-0.3, -0.25) is 4.79 Å². The number of hydrogen-bond acceptors (Lipinski definition) is 6. The van der Waals surface area contributed by atoms with Gasteiger partial charge in [-0.2, -0.15) is 5.26 Å². The fourth-order valence-electron chi connectivity index (χ4n) is 1.01. The Kier molecular flexibility index (Phi) is 7.59. The maximum Gasteiger partial charge on any atom is 0.348 e. The van der Waals surface area contributed by atoms with Crippen LogP contribution in [0.2, 0.25) is 0 Å². The third-order valence-electron chi connectivity index (χ3n) is 1.66. The zero-order chi connectivity index (χ0) is 12.4. The number of hydrogen-bond donors (Lipinski definition) is 0. The molecule has 16 heavy (non-hydrogen) atoms. The van der Waals surface area contributed by atoms with Crippen molar-refractivity contribution in [2.45, 2.75) is 32.8 Å². The highest BCUT2D eigenvalue weighted by atomic mass is 16.6. The Labute approximate surface area is 94.1 Å². The first-order valence-electron chi connectivity index (χ1n) is 5.02. The first kappa shape index (κ1) is 14.2. The number of carbonyl (C=O) groups excluding carboxylic acids is 2. The summed E-state index contributed by atoms with van der Waals surface area (Å²) < 4.78 is 13.9. The van der Waals surface area contributed by atoms with Crippen molar-refractivity contribution in [3.8, 4) is 6.26 Å². The molecule has 0 N–H and O–H groups in total. The lowest BCUT2D eigenvalue weighted by Crippen LogP contribution is -2.26. The summed E-state index contributed by atoms with van der Waals surface area (Å²) in [7, 11) is 0. The number of carbonyl (C=O) groups is 2. The quantitative estimate of drug-likeness (QED) is 0.473. The van der Waals surface area contributed by atoms with E-state index in [0.29, 0.717) is 0 Å². The topological polar surface area (TPSA) is 85.6 Å². The summed E-state index contributed by atoms with van der Waals surface area (Å²) in [4.78, 5) is 22.3. The smallest absolute Gasteiger partial charge is 0.348 e. The Morgan fingerprint density at radius 1 is 1.25 bits per heavy atom. The molecule has 0 amide bonds. The van der Waals surface area contributed by atoms with Gasteiger partial charge in [0.2, 0.25) is 6.10 Å². The average Bonchev–Trinajstić information content (AvgIpc) is 2.24. The number of esters is 2. The Morgan fingerprint density at radius 3 is 2.38 bits per heavy atom. The molecule has 0 fully saturated rings. The van der Waals surface area contributed by atoms with E-state index < -0.39 is 18.0 Å². The fourth-order valence-corrected chi connectivity index (χ4v) is 1.01. The van der Waals surface area contributed by atoms with E-state index in [0.717, 1.165) is 0 Å². The van der Waals surface area contributed by atoms with Crippen molar-refractivity contribution in [3.05, 3.63) is 0 Å². The van der Waals surface area contributed by atoms with E-state index in [1.807, 2.05) is 0 Å². The Hall–Kier alpha value is -1.77. The molecule has 1 unspecified atom stereocenters. The second-order valence-corrected chi connectivity index (χ2v) is 2.79. The molecule has 0 rings (SSSR count). The lowest BCUT2D eigenvalue weighted by molar-refractivity contribution is -0.154. The zero-order valence-electron chi connectivity index (χ0n) is 9.39. The Balaban J connectivity index is 4.08. The number of nitriles is 1. The molecule has 0 aromatic carbocycles. The summed E-state index contributed by atoms with van der Waals surface area (Å²) in [6.45, 7) is 3.81. The summed E-state index contributed by atoms with van der Waals surface area (Å²) in [5.74, 6) is -1.08. The molecule has 0 aliphatic rings. The molecule has 0 saturated carbocycles. The number of rotatable bonds is 7. The van der Waals surface area contributed by atoms with Crippen LogP contribution in [0.25, 0.3) is 0 Å². The standard InChI is InChI=1S/C10H15NO5/c1-3-14-9(12)6-5-8(16-7-11)10(13)15-4-2/h8H,3-6H2,1-2H3. The normalized spacial score (nSPS) is 11.1. The van der Waals surface area contributed by atoms with Gasteiger partial charge in [-0.1, -0.05) is 0 Å². The molecule has 90 valence electrons. The van der Waals surface area contributed by atoms with Crippen molar-refractivity contribution < 1.29 is 23.8 Å². The maximum absolute atomic E-state index is 11.3. The van der Waals surface area contributed by atoms with Crippen LogP contribution in [0.3, 0.4) is 0 Å². The van der Waals surface area contributed by atoms with Crippen molar-refractivity contribution in [2.24, 2.45) is 0 Å². The molecule has 0 aromatic rings. The molecule has 0 bridgehead atoms. The molecule has 0 aliphatic carbocycles. The monoisotopic (exact) mass is 229 g/mol. The largest absolute Gasteiger partial charge is 0.466 e. The zero-order valence-corrected chi connectivity index (χ0v) is 9.39. The van der Waals surface area contributed by atoms with Gasteiger partial charge in [-0.25, -0.2) is 4.79 Å². The van der Waals surface area contributed by atoms with Crippen LogP contribution < -0.4 is 0 Å².